The molecule has 0 aliphatic carbocycles. The molecular formula is C15H13Cl2N3O3. The standard InChI is InChI=1S/C15H13Cl2N3O3/c1-18-15(22)20-19-14(21)10-4-2-3-5-12(10)23-13-7-6-9(16)8-11(13)17/h2-8H,1H3,(H,19,21)(H2,18,20,22). The van der Waals surface area contributed by atoms with Crippen molar-refractivity contribution in [2.75, 3.05) is 7.05 Å². The number of hydrogen-bond acceptors (Lipinski definition) is 3. The van der Waals surface area contributed by atoms with Crippen molar-refractivity contribution >= 4 is 35.1 Å². The molecule has 6 nitrogen and oxygen atoms in total. The summed E-state index contributed by atoms with van der Waals surface area (Å²) < 4.78 is 5.67. The van der Waals surface area contributed by atoms with E-state index in [0.717, 1.165) is 0 Å². The van der Waals surface area contributed by atoms with Crippen molar-refractivity contribution in [1.82, 2.24) is 16.2 Å². The van der Waals surface area contributed by atoms with Gasteiger partial charge < -0.3 is 10.1 Å². The molecule has 2 aromatic carbocycles. The maximum absolute atomic E-state index is 12.1. The Morgan fingerprint density at radius 2 is 1.74 bits per heavy atom. The van der Waals surface area contributed by atoms with Crippen LogP contribution in [0.25, 0.3) is 0 Å². The molecule has 0 unspecified atom stereocenters. The highest BCUT2D eigenvalue weighted by Crippen LogP contribution is 2.32. The van der Waals surface area contributed by atoms with E-state index in [1.165, 1.54) is 13.1 Å². The molecule has 2 rings (SSSR count). The summed E-state index contributed by atoms with van der Waals surface area (Å²) in [4.78, 5) is 23.2. The predicted octanol–water partition coefficient (Wildman–Crippen LogP) is 3.36. The minimum Gasteiger partial charge on any atom is -0.455 e. The lowest BCUT2D eigenvalue weighted by Crippen LogP contribution is -2.45. The molecule has 0 aliphatic heterocycles. The lowest BCUT2D eigenvalue weighted by atomic mass is 10.2. The van der Waals surface area contributed by atoms with E-state index in [-0.39, 0.29) is 11.3 Å². The van der Waals surface area contributed by atoms with Crippen molar-refractivity contribution in [3.63, 3.8) is 0 Å². The molecule has 3 amide bonds. The van der Waals surface area contributed by atoms with Gasteiger partial charge in [0.15, 0.2) is 0 Å². The van der Waals surface area contributed by atoms with Crippen molar-refractivity contribution < 1.29 is 14.3 Å². The molecule has 0 spiro atoms. The average molecular weight is 354 g/mol. The van der Waals surface area contributed by atoms with E-state index in [1.807, 2.05) is 0 Å². The number of para-hydroxylation sites is 1. The highest BCUT2D eigenvalue weighted by atomic mass is 35.5. The van der Waals surface area contributed by atoms with Crippen LogP contribution in [0.5, 0.6) is 11.5 Å². The van der Waals surface area contributed by atoms with Gasteiger partial charge >= 0.3 is 6.03 Å². The van der Waals surface area contributed by atoms with Gasteiger partial charge in [-0.05, 0) is 30.3 Å². The minimum absolute atomic E-state index is 0.231. The molecular weight excluding hydrogens is 341 g/mol. The maximum Gasteiger partial charge on any atom is 0.333 e. The molecule has 3 N–H and O–H groups in total. The van der Waals surface area contributed by atoms with Crippen LogP contribution in [0.2, 0.25) is 10.0 Å². The van der Waals surface area contributed by atoms with Gasteiger partial charge in [-0.2, -0.15) is 0 Å². The van der Waals surface area contributed by atoms with Crippen LogP contribution in [0.1, 0.15) is 10.4 Å². The third-order valence-electron chi connectivity index (χ3n) is 2.76. The monoisotopic (exact) mass is 353 g/mol. The number of halogens is 2. The SMILES string of the molecule is CNC(=O)NNC(=O)c1ccccc1Oc1ccc(Cl)cc1Cl. The van der Waals surface area contributed by atoms with Crippen LogP contribution in [-0.4, -0.2) is 19.0 Å². The number of carbonyl (C=O) groups excluding carboxylic acids is 2. The summed E-state index contributed by atoms with van der Waals surface area (Å²) in [6, 6.07) is 10.8. The zero-order valence-corrected chi connectivity index (χ0v) is 13.5. The van der Waals surface area contributed by atoms with E-state index in [0.29, 0.717) is 15.8 Å². The molecule has 0 bridgehead atoms. The summed E-state index contributed by atoms with van der Waals surface area (Å²) in [6.45, 7) is 0. The zero-order valence-electron chi connectivity index (χ0n) is 12.0. The second-order valence-corrected chi connectivity index (χ2v) is 5.17. The largest absolute Gasteiger partial charge is 0.455 e. The van der Waals surface area contributed by atoms with E-state index < -0.39 is 11.9 Å². The summed E-state index contributed by atoms with van der Waals surface area (Å²) in [7, 11) is 1.43. The van der Waals surface area contributed by atoms with Crippen LogP contribution < -0.4 is 20.9 Å². The van der Waals surface area contributed by atoms with Crippen LogP contribution in [0, 0.1) is 0 Å². The topological polar surface area (TPSA) is 79.5 Å². The Morgan fingerprint density at radius 1 is 1.00 bits per heavy atom. The van der Waals surface area contributed by atoms with Crippen molar-refractivity contribution in [2.45, 2.75) is 0 Å². The van der Waals surface area contributed by atoms with Gasteiger partial charge in [0.25, 0.3) is 5.91 Å². The van der Waals surface area contributed by atoms with Gasteiger partial charge in [0.05, 0.1) is 10.6 Å². The first-order valence-electron chi connectivity index (χ1n) is 6.51. The number of benzene rings is 2. The van der Waals surface area contributed by atoms with Gasteiger partial charge in [-0.25, -0.2) is 10.2 Å². The van der Waals surface area contributed by atoms with Crippen molar-refractivity contribution in [3.05, 3.63) is 58.1 Å². The molecule has 23 heavy (non-hydrogen) atoms. The summed E-state index contributed by atoms with van der Waals surface area (Å²) in [5.41, 5.74) is 4.69. The number of hydrogen-bond donors (Lipinski definition) is 3. The van der Waals surface area contributed by atoms with Gasteiger partial charge in [0.1, 0.15) is 11.5 Å². The molecule has 0 atom stereocenters. The molecule has 2 aromatic rings. The lowest BCUT2D eigenvalue weighted by molar-refractivity contribution is 0.0934. The quantitative estimate of drug-likeness (QED) is 0.740. The normalized spacial score (nSPS) is 9.87. The number of carbonyl (C=O) groups is 2. The third-order valence-corrected chi connectivity index (χ3v) is 3.29. The second-order valence-electron chi connectivity index (χ2n) is 4.33. The van der Waals surface area contributed by atoms with E-state index in [1.54, 1.807) is 36.4 Å². The third kappa shape index (κ3) is 4.51. The van der Waals surface area contributed by atoms with E-state index in [4.69, 9.17) is 27.9 Å². The van der Waals surface area contributed by atoms with Gasteiger partial charge in [0.2, 0.25) is 0 Å². The first-order chi connectivity index (χ1) is 11.0. The Bertz CT molecular complexity index is 738. The molecule has 8 heteroatoms. The smallest absolute Gasteiger partial charge is 0.333 e. The fourth-order valence-corrected chi connectivity index (χ4v) is 2.11. The molecule has 0 saturated carbocycles. The van der Waals surface area contributed by atoms with Gasteiger partial charge in [-0.1, -0.05) is 35.3 Å². The van der Waals surface area contributed by atoms with Crippen molar-refractivity contribution in [2.24, 2.45) is 0 Å². The lowest BCUT2D eigenvalue weighted by Gasteiger charge is -2.12. The van der Waals surface area contributed by atoms with Gasteiger partial charge in [0, 0.05) is 12.1 Å². The predicted molar refractivity (Wildman–Crippen MR) is 88.0 cm³/mol. The highest BCUT2D eigenvalue weighted by Gasteiger charge is 2.14. The van der Waals surface area contributed by atoms with Crippen LogP contribution in [0.15, 0.2) is 42.5 Å². The zero-order chi connectivity index (χ0) is 16.8. The van der Waals surface area contributed by atoms with E-state index in [2.05, 4.69) is 16.2 Å². The second kappa shape index (κ2) is 7.71. The number of hydrazine groups is 1. The van der Waals surface area contributed by atoms with Crippen LogP contribution in [0.3, 0.4) is 0 Å². The van der Waals surface area contributed by atoms with E-state index >= 15 is 0 Å². The Labute approximate surface area is 142 Å². The number of urea groups is 1. The van der Waals surface area contributed by atoms with Crippen molar-refractivity contribution in [1.29, 1.82) is 0 Å². The van der Waals surface area contributed by atoms with Crippen LogP contribution in [0.4, 0.5) is 4.79 Å². The Balaban J connectivity index is 2.20. The maximum atomic E-state index is 12.1. The Kier molecular flexibility index (Phi) is 5.67. The average Bonchev–Trinajstić information content (AvgIpc) is 2.55. The Hall–Kier alpha value is -2.44. The molecule has 0 heterocycles. The number of amides is 3. The molecule has 120 valence electrons. The fourth-order valence-electron chi connectivity index (χ4n) is 1.66. The van der Waals surface area contributed by atoms with Crippen LogP contribution >= 0.6 is 23.2 Å². The van der Waals surface area contributed by atoms with Gasteiger partial charge in [-0.3, -0.25) is 10.2 Å². The first kappa shape index (κ1) is 16.9. The van der Waals surface area contributed by atoms with Crippen molar-refractivity contribution in [3.8, 4) is 11.5 Å². The molecule has 0 fully saturated rings. The Morgan fingerprint density at radius 3 is 2.43 bits per heavy atom. The fraction of sp³-hybridized carbons (Fsp3) is 0.0667. The summed E-state index contributed by atoms with van der Waals surface area (Å²) >= 11 is 11.9. The summed E-state index contributed by atoms with van der Waals surface area (Å²) in [5, 5.41) is 3.10. The molecule has 0 aromatic heterocycles. The molecule has 0 aliphatic rings. The number of nitrogens with one attached hydrogen (secondary N) is 3. The highest BCUT2D eigenvalue weighted by molar-refractivity contribution is 6.35. The van der Waals surface area contributed by atoms with E-state index in [9.17, 15) is 9.59 Å². The summed E-state index contributed by atoms with van der Waals surface area (Å²) in [5.74, 6) is 0.109. The minimum atomic E-state index is -0.544. The molecule has 0 radical (unpaired) electrons. The summed E-state index contributed by atoms with van der Waals surface area (Å²) in [6.07, 6.45) is 0. The first-order valence-corrected chi connectivity index (χ1v) is 7.27. The van der Waals surface area contributed by atoms with Gasteiger partial charge in [-0.15, -0.1) is 0 Å². The number of ether oxygens (including phenoxy) is 1. The molecule has 0 saturated heterocycles. The number of rotatable bonds is 3. The van der Waals surface area contributed by atoms with Crippen LogP contribution in [-0.2, 0) is 0 Å².